The van der Waals surface area contributed by atoms with Gasteiger partial charge in [-0.05, 0) is 69.9 Å². The number of nitrogens with one attached hydrogen (secondary N) is 2. The summed E-state index contributed by atoms with van der Waals surface area (Å²) in [5, 5.41) is 23.7. The van der Waals surface area contributed by atoms with E-state index < -0.39 is 0 Å². The standard InChI is InChI=1S/C31H56N2O4/c34-26-19-15-11-7-3-1-5-9-13-17-24-30(36)32-28-22-21-23-29(28)33-31(37)25-18-14-10-6-2-4-8-12-16-20-27-35/h17-18,24-25,28-29,34-35H,1-16,19-23,26-27H2,(H,32,36)(H,33,37)/b24-17+,25-18+/t28-,29+. The lowest BCUT2D eigenvalue weighted by Gasteiger charge is -2.21. The van der Waals surface area contributed by atoms with Crippen LogP contribution in [0.5, 0.6) is 0 Å². The van der Waals surface area contributed by atoms with Crippen LogP contribution in [0.15, 0.2) is 24.3 Å². The molecule has 2 atom stereocenters. The van der Waals surface area contributed by atoms with Gasteiger partial charge in [-0.15, -0.1) is 0 Å². The molecule has 6 heteroatoms. The Labute approximate surface area is 226 Å². The van der Waals surface area contributed by atoms with E-state index in [0.717, 1.165) is 70.6 Å². The fraction of sp³-hybridized carbons (Fsp3) is 0.806. The van der Waals surface area contributed by atoms with Crippen LogP contribution in [-0.4, -0.2) is 47.3 Å². The van der Waals surface area contributed by atoms with Crippen LogP contribution in [-0.2, 0) is 9.59 Å². The number of aliphatic hydroxyl groups is 2. The van der Waals surface area contributed by atoms with Crippen molar-refractivity contribution in [1.29, 1.82) is 0 Å². The van der Waals surface area contributed by atoms with Gasteiger partial charge < -0.3 is 20.8 Å². The number of carbonyl (C=O) groups excluding carboxylic acids is 2. The monoisotopic (exact) mass is 520 g/mol. The number of hydrogen-bond acceptors (Lipinski definition) is 4. The minimum atomic E-state index is -0.0565. The third-order valence-corrected chi connectivity index (χ3v) is 7.27. The molecular weight excluding hydrogens is 464 g/mol. The van der Waals surface area contributed by atoms with Gasteiger partial charge in [0.15, 0.2) is 0 Å². The summed E-state index contributed by atoms with van der Waals surface area (Å²) in [6.07, 6.45) is 30.6. The number of unbranched alkanes of at least 4 members (excludes halogenated alkanes) is 16. The average molecular weight is 521 g/mol. The van der Waals surface area contributed by atoms with Crippen LogP contribution < -0.4 is 10.6 Å². The van der Waals surface area contributed by atoms with Crippen LogP contribution in [0.1, 0.15) is 135 Å². The Morgan fingerprint density at radius 2 is 0.865 bits per heavy atom. The molecule has 1 saturated carbocycles. The summed E-state index contributed by atoms with van der Waals surface area (Å²) in [7, 11) is 0. The second-order valence-electron chi connectivity index (χ2n) is 10.6. The first kappa shape index (κ1) is 33.4. The smallest absolute Gasteiger partial charge is 0.243 e. The van der Waals surface area contributed by atoms with E-state index in [2.05, 4.69) is 10.6 Å². The molecule has 1 fully saturated rings. The van der Waals surface area contributed by atoms with Crippen molar-refractivity contribution in [3.8, 4) is 0 Å². The first-order chi connectivity index (χ1) is 18.2. The van der Waals surface area contributed by atoms with E-state index in [1.165, 1.54) is 64.2 Å². The maximum Gasteiger partial charge on any atom is 0.243 e. The van der Waals surface area contributed by atoms with Gasteiger partial charge in [0.25, 0.3) is 0 Å². The van der Waals surface area contributed by atoms with Crippen LogP contribution >= 0.6 is 0 Å². The molecule has 0 heterocycles. The van der Waals surface area contributed by atoms with Crippen molar-refractivity contribution in [2.75, 3.05) is 13.2 Å². The summed E-state index contributed by atoms with van der Waals surface area (Å²) in [4.78, 5) is 24.6. The Kier molecular flexibility index (Phi) is 22.2. The highest BCUT2D eigenvalue weighted by atomic mass is 16.3. The Morgan fingerprint density at radius 3 is 1.22 bits per heavy atom. The second kappa shape index (κ2) is 24.7. The Hall–Kier alpha value is -1.66. The van der Waals surface area contributed by atoms with Crippen molar-refractivity contribution < 1.29 is 19.8 Å². The van der Waals surface area contributed by atoms with Gasteiger partial charge in [0.1, 0.15) is 0 Å². The van der Waals surface area contributed by atoms with Gasteiger partial charge in [-0.1, -0.05) is 89.2 Å². The fourth-order valence-corrected chi connectivity index (χ4v) is 5.02. The van der Waals surface area contributed by atoms with Crippen molar-refractivity contribution in [2.45, 2.75) is 147 Å². The van der Waals surface area contributed by atoms with Crippen molar-refractivity contribution in [1.82, 2.24) is 10.6 Å². The Morgan fingerprint density at radius 1 is 0.541 bits per heavy atom. The molecule has 214 valence electrons. The highest BCUT2D eigenvalue weighted by Crippen LogP contribution is 2.19. The van der Waals surface area contributed by atoms with Gasteiger partial charge >= 0.3 is 0 Å². The molecule has 0 aromatic carbocycles. The summed E-state index contributed by atoms with van der Waals surface area (Å²) in [5.74, 6) is -0.113. The molecule has 0 bridgehead atoms. The molecule has 6 nitrogen and oxygen atoms in total. The van der Waals surface area contributed by atoms with Crippen LogP contribution in [0.3, 0.4) is 0 Å². The van der Waals surface area contributed by atoms with Gasteiger partial charge in [-0.3, -0.25) is 9.59 Å². The van der Waals surface area contributed by atoms with E-state index in [4.69, 9.17) is 10.2 Å². The zero-order valence-corrected chi connectivity index (χ0v) is 23.4. The summed E-state index contributed by atoms with van der Waals surface area (Å²) < 4.78 is 0. The molecule has 0 aromatic heterocycles. The lowest BCUT2D eigenvalue weighted by atomic mass is 10.1. The maximum absolute atomic E-state index is 12.3. The number of amides is 2. The Bertz CT molecular complexity index is 568. The minimum Gasteiger partial charge on any atom is -0.396 e. The number of hydrogen-bond donors (Lipinski definition) is 4. The maximum atomic E-state index is 12.3. The third-order valence-electron chi connectivity index (χ3n) is 7.27. The van der Waals surface area contributed by atoms with E-state index in [0.29, 0.717) is 13.2 Å². The molecule has 0 saturated heterocycles. The summed E-state index contributed by atoms with van der Waals surface area (Å²) >= 11 is 0. The molecule has 2 amide bonds. The highest BCUT2D eigenvalue weighted by molar-refractivity contribution is 5.89. The number of aliphatic hydroxyl groups excluding tert-OH is 2. The van der Waals surface area contributed by atoms with Crippen molar-refractivity contribution in [3.05, 3.63) is 24.3 Å². The molecule has 0 unspecified atom stereocenters. The number of carbonyl (C=O) groups is 2. The highest BCUT2D eigenvalue weighted by Gasteiger charge is 2.28. The zero-order valence-electron chi connectivity index (χ0n) is 23.4. The first-order valence-electron chi connectivity index (χ1n) is 15.3. The van der Waals surface area contributed by atoms with Crippen molar-refractivity contribution in [3.63, 3.8) is 0 Å². The molecule has 1 rings (SSSR count). The molecule has 1 aliphatic rings. The Balaban J connectivity index is 2.07. The zero-order chi connectivity index (χ0) is 26.8. The van der Waals surface area contributed by atoms with Crippen LogP contribution in [0.25, 0.3) is 0 Å². The van der Waals surface area contributed by atoms with Gasteiger partial charge in [0.2, 0.25) is 11.8 Å². The van der Waals surface area contributed by atoms with Crippen molar-refractivity contribution in [2.24, 2.45) is 0 Å². The van der Waals surface area contributed by atoms with E-state index in [9.17, 15) is 9.59 Å². The van der Waals surface area contributed by atoms with E-state index >= 15 is 0 Å². The summed E-state index contributed by atoms with van der Waals surface area (Å²) in [5.41, 5.74) is 0. The van der Waals surface area contributed by atoms with Crippen LogP contribution in [0.4, 0.5) is 0 Å². The SMILES string of the molecule is O=C(/C=C/CCCCCCCCCCO)N[C@H]1CCC[C@H]1NC(=O)/C=C/CCCCCCCCCCO. The van der Waals surface area contributed by atoms with Crippen LogP contribution in [0.2, 0.25) is 0 Å². The largest absolute Gasteiger partial charge is 0.396 e. The summed E-state index contributed by atoms with van der Waals surface area (Å²) in [6, 6.07) is 0.0235. The molecular formula is C31H56N2O4. The quantitative estimate of drug-likeness (QED) is 0.0892. The van der Waals surface area contributed by atoms with Crippen LogP contribution in [0, 0.1) is 0 Å². The normalized spacial score (nSPS) is 17.7. The lowest BCUT2D eigenvalue weighted by Crippen LogP contribution is -2.47. The van der Waals surface area contributed by atoms with Gasteiger partial charge in [0.05, 0.1) is 0 Å². The van der Waals surface area contributed by atoms with Gasteiger partial charge in [-0.2, -0.15) is 0 Å². The molecule has 0 aromatic rings. The van der Waals surface area contributed by atoms with E-state index in [1.807, 2.05) is 12.2 Å². The molecule has 1 aliphatic carbocycles. The molecule has 4 N–H and O–H groups in total. The van der Waals surface area contributed by atoms with Gasteiger partial charge in [-0.25, -0.2) is 0 Å². The molecule has 0 aliphatic heterocycles. The van der Waals surface area contributed by atoms with Crippen molar-refractivity contribution >= 4 is 11.8 Å². The number of allylic oxidation sites excluding steroid dienone is 2. The molecule has 0 spiro atoms. The lowest BCUT2D eigenvalue weighted by molar-refractivity contribution is -0.119. The topological polar surface area (TPSA) is 98.7 Å². The molecule has 0 radical (unpaired) electrons. The predicted octanol–water partition coefficient (Wildman–Crippen LogP) is 6.26. The molecule has 37 heavy (non-hydrogen) atoms. The van der Waals surface area contributed by atoms with E-state index in [-0.39, 0.29) is 23.9 Å². The first-order valence-corrected chi connectivity index (χ1v) is 15.3. The summed E-state index contributed by atoms with van der Waals surface area (Å²) in [6.45, 7) is 0.616. The van der Waals surface area contributed by atoms with Gasteiger partial charge in [0, 0.05) is 25.3 Å². The van der Waals surface area contributed by atoms with E-state index in [1.54, 1.807) is 12.2 Å². The fourth-order valence-electron chi connectivity index (χ4n) is 5.02. The number of rotatable bonds is 24. The predicted molar refractivity (Wildman–Crippen MR) is 153 cm³/mol. The third kappa shape index (κ3) is 20.0. The minimum absolute atomic E-state index is 0.0118. The second-order valence-corrected chi connectivity index (χ2v) is 10.6. The average Bonchev–Trinajstić information content (AvgIpc) is 3.31.